The average molecular weight is 313 g/mol. The third-order valence-corrected chi connectivity index (χ3v) is 3.96. The molecule has 0 bridgehead atoms. The van der Waals surface area contributed by atoms with Crippen LogP contribution >= 0.6 is 0 Å². The van der Waals surface area contributed by atoms with E-state index in [2.05, 4.69) is 19.3 Å². The van der Waals surface area contributed by atoms with Crippen LogP contribution in [-0.2, 0) is 6.54 Å². The summed E-state index contributed by atoms with van der Waals surface area (Å²) in [6.45, 7) is 0.675. The fraction of sp³-hybridized carbons (Fsp3) is 0.0714. The molecule has 0 saturated carbocycles. The Kier molecular flexibility index (Phi) is 3.28. The third-order valence-electron chi connectivity index (χ3n) is 2.83. The summed E-state index contributed by atoms with van der Waals surface area (Å²) >= 11 is -0.0131. The predicted molar refractivity (Wildman–Crippen MR) is 75.0 cm³/mol. The van der Waals surface area contributed by atoms with Gasteiger partial charge in [0, 0.05) is 0 Å². The zero-order valence-electron chi connectivity index (χ0n) is 10.00. The molecule has 0 unspecified atom stereocenters. The first-order valence-corrected chi connectivity index (χ1v) is 7.34. The van der Waals surface area contributed by atoms with Crippen LogP contribution in [0.5, 0.6) is 0 Å². The molecule has 1 heterocycles. The number of aromatic nitrogens is 2. The molecule has 0 aliphatic rings. The standard InChI is InChI=1S/C14H10N4Se/c15-8-10-3-1-4-11(7-10)9-16-12-5-2-6-13-14(12)18-19-17-13/h1-7,16H,9H2. The molecule has 5 heteroatoms. The summed E-state index contributed by atoms with van der Waals surface area (Å²) in [5, 5.41) is 12.2. The second kappa shape index (κ2) is 5.23. The van der Waals surface area contributed by atoms with Crippen molar-refractivity contribution in [2.75, 3.05) is 5.32 Å². The van der Waals surface area contributed by atoms with Crippen LogP contribution < -0.4 is 5.32 Å². The Hall–Kier alpha value is -2.15. The maximum atomic E-state index is 8.88. The van der Waals surface area contributed by atoms with E-state index in [0.29, 0.717) is 12.1 Å². The van der Waals surface area contributed by atoms with Crippen molar-refractivity contribution in [2.45, 2.75) is 6.54 Å². The van der Waals surface area contributed by atoms with Gasteiger partial charge in [-0.15, -0.1) is 0 Å². The number of rotatable bonds is 3. The van der Waals surface area contributed by atoms with E-state index in [-0.39, 0.29) is 15.0 Å². The SMILES string of the molecule is N#Cc1cccc(CNc2cccc3n[se]nc23)c1. The minimum absolute atomic E-state index is 0.0131. The average Bonchev–Trinajstić information content (AvgIpc) is 2.94. The van der Waals surface area contributed by atoms with Crippen molar-refractivity contribution in [1.29, 1.82) is 5.26 Å². The molecule has 3 rings (SSSR count). The first kappa shape index (κ1) is 11.9. The van der Waals surface area contributed by atoms with Crippen LogP contribution in [0.3, 0.4) is 0 Å². The van der Waals surface area contributed by atoms with Gasteiger partial charge in [0.15, 0.2) is 0 Å². The number of fused-ring (bicyclic) bond motifs is 1. The first-order valence-electron chi connectivity index (χ1n) is 5.81. The molecule has 0 radical (unpaired) electrons. The fourth-order valence-corrected chi connectivity index (χ4v) is 3.05. The minimum atomic E-state index is -0.0131. The Morgan fingerprint density at radius 3 is 2.95 bits per heavy atom. The van der Waals surface area contributed by atoms with E-state index < -0.39 is 0 Å². The monoisotopic (exact) mass is 314 g/mol. The van der Waals surface area contributed by atoms with Gasteiger partial charge in [0.25, 0.3) is 0 Å². The van der Waals surface area contributed by atoms with E-state index >= 15 is 0 Å². The number of hydrogen-bond donors (Lipinski definition) is 1. The number of anilines is 1. The van der Waals surface area contributed by atoms with Gasteiger partial charge >= 0.3 is 116 Å². The first-order chi connectivity index (χ1) is 9.36. The van der Waals surface area contributed by atoms with Crippen molar-refractivity contribution in [3.8, 4) is 6.07 Å². The fourth-order valence-electron chi connectivity index (χ4n) is 1.90. The van der Waals surface area contributed by atoms with E-state index in [1.165, 1.54) is 0 Å². The van der Waals surface area contributed by atoms with Crippen molar-refractivity contribution in [3.05, 3.63) is 53.6 Å². The molecular formula is C14H10N4Se. The molecule has 0 atom stereocenters. The molecule has 92 valence electrons. The molecule has 2 aromatic carbocycles. The van der Waals surface area contributed by atoms with Crippen LogP contribution in [0.1, 0.15) is 11.1 Å². The van der Waals surface area contributed by atoms with Gasteiger partial charge in [0.2, 0.25) is 0 Å². The summed E-state index contributed by atoms with van der Waals surface area (Å²) in [6.07, 6.45) is 0. The number of nitrogens with one attached hydrogen (secondary N) is 1. The molecule has 0 amide bonds. The molecule has 19 heavy (non-hydrogen) atoms. The van der Waals surface area contributed by atoms with E-state index in [4.69, 9.17) is 5.26 Å². The Morgan fingerprint density at radius 2 is 2.05 bits per heavy atom. The number of benzene rings is 2. The zero-order valence-corrected chi connectivity index (χ0v) is 11.7. The maximum absolute atomic E-state index is 8.88. The van der Waals surface area contributed by atoms with E-state index in [1.807, 2.05) is 36.4 Å². The summed E-state index contributed by atoms with van der Waals surface area (Å²) in [5.74, 6) is 0. The summed E-state index contributed by atoms with van der Waals surface area (Å²) in [5.41, 5.74) is 4.69. The van der Waals surface area contributed by atoms with Gasteiger partial charge < -0.3 is 0 Å². The number of hydrogen-bond acceptors (Lipinski definition) is 4. The molecular weight excluding hydrogens is 303 g/mol. The Balaban J connectivity index is 1.82. The summed E-state index contributed by atoms with van der Waals surface area (Å²) in [7, 11) is 0. The van der Waals surface area contributed by atoms with Gasteiger partial charge in [0.05, 0.1) is 0 Å². The summed E-state index contributed by atoms with van der Waals surface area (Å²) in [4.78, 5) is 0. The van der Waals surface area contributed by atoms with Crippen LogP contribution in [0, 0.1) is 11.3 Å². The molecule has 0 aliphatic heterocycles. The van der Waals surface area contributed by atoms with Crippen molar-refractivity contribution >= 4 is 31.7 Å². The molecule has 4 nitrogen and oxygen atoms in total. The Labute approximate surface area is 116 Å². The van der Waals surface area contributed by atoms with Gasteiger partial charge in [-0.1, -0.05) is 0 Å². The van der Waals surface area contributed by atoms with Crippen LogP contribution in [0.25, 0.3) is 11.0 Å². The van der Waals surface area contributed by atoms with Crippen LogP contribution in [0.4, 0.5) is 5.69 Å². The van der Waals surface area contributed by atoms with E-state index in [0.717, 1.165) is 22.3 Å². The zero-order chi connectivity index (χ0) is 13.1. The summed E-state index contributed by atoms with van der Waals surface area (Å²) in [6, 6.07) is 15.7. The normalized spacial score (nSPS) is 10.3. The molecule has 3 aromatic rings. The van der Waals surface area contributed by atoms with Gasteiger partial charge in [-0.2, -0.15) is 0 Å². The van der Waals surface area contributed by atoms with Crippen LogP contribution in [0.15, 0.2) is 42.5 Å². The van der Waals surface area contributed by atoms with E-state index in [1.54, 1.807) is 6.07 Å². The number of nitrogens with zero attached hydrogens (tertiary/aromatic N) is 3. The second-order valence-corrected chi connectivity index (χ2v) is 5.21. The van der Waals surface area contributed by atoms with Crippen molar-refractivity contribution in [1.82, 2.24) is 7.96 Å². The summed E-state index contributed by atoms with van der Waals surface area (Å²) < 4.78 is 8.78. The molecule has 0 spiro atoms. The van der Waals surface area contributed by atoms with Gasteiger partial charge in [-0.3, -0.25) is 0 Å². The van der Waals surface area contributed by atoms with Crippen LogP contribution in [-0.4, -0.2) is 22.9 Å². The van der Waals surface area contributed by atoms with Crippen LogP contribution in [0.2, 0.25) is 0 Å². The quantitative estimate of drug-likeness (QED) is 0.753. The number of nitriles is 1. The Morgan fingerprint density at radius 1 is 1.16 bits per heavy atom. The van der Waals surface area contributed by atoms with Crippen molar-refractivity contribution < 1.29 is 0 Å². The van der Waals surface area contributed by atoms with Crippen molar-refractivity contribution in [2.24, 2.45) is 0 Å². The molecule has 0 aliphatic carbocycles. The second-order valence-electron chi connectivity index (χ2n) is 4.10. The van der Waals surface area contributed by atoms with Gasteiger partial charge in [-0.25, -0.2) is 0 Å². The molecule has 1 N–H and O–H groups in total. The van der Waals surface area contributed by atoms with E-state index in [9.17, 15) is 0 Å². The van der Waals surface area contributed by atoms with Crippen molar-refractivity contribution in [3.63, 3.8) is 0 Å². The topological polar surface area (TPSA) is 61.6 Å². The molecule has 0 fully saturated rings. The van der Waals surface area contributed by atoms with Gasteiger partial charge in [0.1, 0.15) is 0 Å². The predicted octanol–water partition coefficient (Wildman–Crippen LogP) is 2.17. The molecule has 1 aromatic heterocycles. The third kappa shape index (κ3) is 2.50. The van der Waals surface area contributed by atoms with Gasteiger partial charge in [-0.05, 0) is 0 Å². The Bertz CT molecular complexity index is 757. The molecule has 0 saturated heterocycles.